The summed E-state index contributed by atoms with van der Waals surface area (Å²) < 4.78 is 1.42. The number of hydrogen-bond acceptors (Lipinski definition) is 8. The summed E-state index contributed by atoms with van der Waals surface area (Å²) in [6, 6.07) is 14.9. The van der Waals surface area contributed by atoms with Gasteiger partial charge in [0.1, 0.15) is 6.54 Å². The predicted molar refractivity (Wildman–Crippen MR) is 155 cm³/mol. The number of nitrogens with two attached hydrogens (primary N) is 1. The molecule has 2 heterocycles. The van der Waals surface area contributed by atoms with Crippen LogP contribution in [0.5, 0.6) is 0 Å². The lowest BCUT2D eigenvalue weighted by Crippen LogP contribution is -2.35. The van der Waals surface area contributed by atoms with E-state index in [4.69, 9.17) is 11.1 Å². The molecule has 4 rings (SSSR count). The van der Waals surface area contributed by atoms with Crippen molar-refractivity contribution in [3.63, 3.8) is 0 Å². The lowest BCUT2D eigenvalue weighted by molar-refractivity contribution is -0.121. The molecule has 4 aromatic rings. The molecule has 2 aromatic carbocycles. The number of amides is 1. The van der Waals surface area contributed by atoms with Crippen LogP contribution in [0.1, 0.15) is 30.5 Å². The molecule has 0 spiro atoms. The second-order valence-corrected chi connectivity index (χ2v) is 9.95. The van der Waals surface area contributed by atoms with Gasteiger partial charge in [0.25, 0.3) is 5.56 Å². The highest BCUT2D eigenvalue weighted by molar-refractivity contribution is 7.07. The Morgan fingerprint density at radius 2 is 1.92 bits per heavy atom. The molecule has 0 radical (unpaired) electrons. The maximum Gasteiger partial charge on any atom is 0.294 e. The van der Waals surface area contributed by atoms with Gasteiger partial charge in [-0.1, -0.05) is 24.3 Å². The average molecular weight is 530 g/mol. The van der Waals surface area contributed by atoms with Crippen molar-refractivity contribution in [2.24, 2.45) is 0 Å². The van der Waals surface area contributed by atoms with E-state index < -0.39 is 5.56 Å². The maximum absolute atomic E-state index is 13.4. The lowest BCUT2D eigenvalue weighted by Gasteiger charge is -2.17. The van der Waals surface area contributed by atoms with Gasteiger partial charge in [0.2, 0.25) is 5.91 Å². The van der Waals surface area contributed by atoms with Crippen LogP contribution >= 0.6 is 11.3 Å². The molecule has 0 bridgehead atoms. The summed E-state index contributed by atoms with van der Waals surface area (Å²) in [7, 11) is 0. The van der Waals surface area contributed by atoms with Gasteiger partial charge in [-0.3, -0.25) is 14.2 Å². The molecule has 0 aliphatic rings. The zero-order valence-electron chi connectivity index (χ0n) is 21.3. The first-order valence-electron chi connectivity index (χ1n) is 12.2. The summed E-state index contributed by atoms with van der Waals surface area (Å²) in [5.74, 6) is -0.135. The molecule has 9 nitrogen and oxygen atoms in total. The highest BCUT2D eigenvalue weighted by atomic mass is 32.1. The van der Waals surface area contributed by atoms with E-state index in [0.29, 0.717) is 30.0 Å². The van der Waals surface area contributed by atoms with Gasteiger partial charge in [0.05, 0.1) is 11.9 Å². The number of benzene rings is 2. The number of aromatic nitrogens is 2. The van der Waals surface area contributed by atoms with Crippen molar-refractivity contribution in [3.8, 4) is 11.3 Å². The highest BCUT2D eigenvalue weighted by Crippen LogP contribution is 2.26. The molecule has 0 fully saturated rings. The molecule has 2 aromatic heterocycles. The van der Waals surface area contributed by atoms with Crippen LogP contribution in [-0.2, 0) is 24.4 Å². The van der Waals surface area contributed by atoms with Crippen LogP contribution in [0.2, 0.25) is 0 Å². The van der Waals surface area contributed by atoms with Gasteiger partial charge in [0, 0.05) is 42.3 Å². The van der Waals surface area contributed by atoms with Gasteiger partial charge in [-0.2, -0.15) is 11.3 Å². The van der Waals surface area contributed by atoms with Crippen LogP contribution in [0.25, 0.3) is 11.3 Å². The SMILES string of the molecule is CC(C)Nc1ncc(-c2cc(N)cc(NCc3ccsc3)c2)n(CC(=O)NCc2ccc(C=N)cc2)c1=O. The maximum atomic E-state index is 13.4. The summed E-state index contributed by atoms with van der Waals surface area (Å²) in [6.07, 6.45) is 2.86. The van der Waals surface area contributed by atoms with Crippen molar-refractivity contribution in [2.45, 2.75) is 39.5 Å². The van der Waals surface area contributed by atoms with Crippen LogP contribution in [-0.4, -0.2) is 27.7 Å². The number of thiophene rings is 1. The Hall–Kier alpha value is -4.44. The fourth-order valence-electron chi connectivity index (χ4n) is 3.88. The molecule has 38 heavy (non-hydrogen) atoms. The van der Waals surface area contributed by atoms with E-state index in [2.05, 4.69) is 26.3 Å². The number of rotatable bonds is 11. The molecule has 0 atom stereocenters. The van der Waals surface area contributed by atoms with Gasteiger partial charge in [0.15, 0.2) is 5.82 Å². The Kier molecular flexibility index (Phi) is 8.55. The fourth-order valence-corrected chi connectivity index (χ4v) is 4.55. The summed E-state index contributed by atoms with van der Waals surface area (Å²) in [5, 5.41) is 20.7. The first-order valence-corrected chi connectivity index (χ1v) is 13.1. The second-order valence-electron chi connectivity index (χ2n) is 9.17. The number of nitrogens with one attached hydrogen (secondary N) is 4. The minimum Gasteiger partial charge on any atom is -0.399 e. The topological polar surface area (TPSA) is 138 Å². The van der Waals surface area contributed by atoms with Crippen molar-refractivity contribution in [2.75, 3.05) is 16.4 Å². The van der Waals surface area contributed by atoms with Crippen molar-refractivity contribution < 1.29 is 4.79 Å². The van der Waals surface area contributed by atoms with Crippen molar-refractivity contribution in [3.05, 3.63) is 92.5 Å². The smallest absolute Gasteiger partial charge is 0.294 e. The highest BCUT2D eigenvalue weighted by Gasteiger charge is 2.16. The Balaban J connectivity index is 1.61. The second kappa shape index (κ2) is 12.2. The zero-order valence-corrected chi connectivity index (χ0v) is 22.1. The van der Waals surface area contributed by atoms with Crippen LogP contribution < -0.4 is 27.2 Å². The van der Waals surface area contributed by atoms with Crippen LogP contribution in [0.15, 0.2) is 70.3 Å². The molecule has 0 aliphatic carbocycles. The zero-order chi connectivity index (χ0) is 27.1. The molecule has 0 aliphatic heterocycles. The number of anilines is 3. The Labute approximate surface area is 225 Å². The number of carbonyl (C=O) groups excluding carboxylic acids is 1. The normalized spacial score (nSPS) is 10.8. The molecule has 0 unspecified atom stereocenters. The minimum atomic E-state index is -0.392. The van der Waals surface area contributed by atoms with Gasteiger partial charge >= 0.3 is 0 Å². The molecule has 0 saturated carbocycles. The monoisotopic (exact) mass is 529 g/mol. The predicted octanol–water partition coefficient (Wildman–Crippen LogP) is 4.30. The number of hydrogen-bond donors (Lipinski definition) is 5. The van der Waals surface area contributed by atoms with Crippen molar-refractivity contribution >= 4 is 40.7 Å². The van der Waals surface area contributed by atoms with Crippen LogP contribution in [0.3, 0.4) is 0 Å². The van der Waals surface area contributed by atoms with E-state index in [-0.39, 0.29) is 24.3 Å². The Morgan fingerprint density at radius 1 is 1.13 bits per heavy atom. The summed E-state index contributed by atoms with van der Waals surface area (Å²) >= 11 is 1.63. The first-order chi connectivity index (χ1) is 18.3. The largest absolute Gasteiger partial charge is 0.399 e. The van der Waals surface area contributed by atoms with Crippen molar-refractivity contribution in [1.82, 2.24) is 14.9 Å². The molecule has 196 valence electrons. The van der Waals surface area contributed by atoms with E-state index in [1.54, 1.807) is 23.6 Å². The van der Waals surface area contributed by atoms with E-state index in [0.717, 1.165) is 22.4 Å². The quantitative estimate of drug-likeness (QED) is 0.145. The van der Waals surface area contributed by atoms with Gasteiger partial charge < -0.3 is 27.1 Å². The lowest BCUT2D eigenvalue weighted by atomic mass is 10.1. The van der Waals surface area contributed by atoms with E-state index in [9.17, 15) is 9.59 Å². The first kappa shape index (κ1) is 26.6. The van der Waals surface area contributed by atoms with Gasteiger partial charge in [-0.25, -0.2) is 4.98 Å². The summed E-state index contributed by atoms with van der Waals surface area (Å²) in [5.41, 5.74) is 11.1. The molecular weight excluding hydrogens is 498 g/mol. The van der Waals surface area contributed by atoms with E-state index >= 15 is 0 Å². The van der Waals surface area contributed by atoms with E-state index in [1.165, 1.54) is 10.8 Å². The van der Waals surface area contributed by atoms with Crippen LogP contribution in [0.4, 0.5) is 17.2 Å². The third-order valence-electron chi connectivity index (χ3n) is 5.75. The van der Waals surface area contributed by atoms with Gasteiger partial charge in [-0.05, 0) is 65.6 Å². The summed E-state index contributed by atoms with van der Waals surface area (Å²) in [6.45, 7) is 4.59. The number of carbonyl (C=O) groups is 1. The molecular formula is C28H31N7O2S. The van der Waals surface area contributed by atoms with Gasteiger partial charge in [-0.15, -0.1) is 0 Å². The fraction of sp³-hybridized carbons (Fsp3) is 0.214. The Bertz CT molecular complexity index is 1460. The standard InChI is InChI=1S/C28H31N7O2S/c1-18(2)34-27-28(37)35(16-26(36)32-13-20-5-3-19(12-29)4-6-20)25(15-33-27)22-9-23(30)11-24(10-22)31-14-21-7-8-38-17-21/h3-12,15,17-18,29,31H,13-14,16,30H2,1-2H3,(H,32,36)(H,33,34). The number of nitrogens with zero attached hydrogens (tertiary/aromatic N) is 2. The molecule has 1 amide bonds. The third-order valence-corrected chi connectivity index (χ3v) is 6.48. The third kappa shape index (κ3) is 6.86. The molecule has 10 heteroatoms. The average Bonchev–Trinajstić information content (AvgIpc) is 3.42. The molecule has 0 saturated heterocycles. The summed E-state index contributed by atoms with van der Waals surface area (Å²) in [4.78, 5) is 30.7. The number of nitrogen functional groups attached to an aromatic ring is 1. The van der Waals surface area contributed by atoms with Crippen molar-refractivity contribution in [1.29, 1.82) is 5.41 Å². The molecule has 6 N–H and O–H groups in total. The van der Waals surface area contributed by atoms with E-state index in [1.807, 2.05) is 61.7 Å². The minimum absolute atomic E-state index is 0.00691. The van der Waals surface area contributed by atoms with Crippen LogP contribution in [0, 0.1) is 5.41 Å². The Morgan fingerprint density at radius 3 is 2.61 bits per heavy atom.